The van der Waals surface area contributed by atoms with Gasteiger partial charge in [-0.1, -0.05) is 32.9 Å². The molecule has 184 valence electrons. The first-order valence-corrected chi connectivity index (χ1v) is 13.0. The molecular weight excluding hydrogens is 416 g/mol. The van der Waals surface area contributed by atoms with Crippen molar-refractivity contribution in [3.05, 3.63) is 23.3 Å². The number of allylic oxidation sites excluding steroid dienone is 1. The number of carboxylic acids is 1. The van der Waals surface area contributed by atoms with Crippen molar-refractivity contribution in [2.75, 3.05) is 0 Å². The lowest BCUT2D eigenvalue weighted by molar-refractivity contribution is -0.140. The summed E-state index contributed by atoms with van der Waals surface area (Å²) in [5.74, 6) is -0.283. The molecule has 0 aromatic carbocycles. The fraction of sp³-hybridized carbons (Fsp3) is 0.786. The number of rotatable bonds is 6. The normalized spacial score (nSPS) is 42.2. The van der Waals surface area contributed by atoms with E-state index in [0.29, 0.717) is 31.1 Å². The van der Waals surface area contributed by atoms with Gasteiger partial charge in [0.2, 0.25) is 0 Å². The monoisotopic (exact) mass is 458 g/mol. The third-order valence-corrected chi connectivity index (χ3v) is 10.4. The van der Waals surface area contributed by atoms with Gasteiger partial charge in [-0.2, -0.15) is 0 Å². The molecule has 0 radical (unpaired) electrons. The number of carbonyl (C=O) groups excluding carboxylic acids is 1. The minimum absolute atomic E-state index is 0.0355. The van der Waals surface area contributed by atoms with Gasteiger partial charge in [-0.05, 0) is 93.0 Å². The van der Waals surface area contributed by atoms with Crippen molar-refractivity contribution in [2.24, 2.45) is 40.4 Å². The summed E-state index contributed by atoms with van der Waals surface area (Å²) in [6.07, 6.45) is 6.19. The van der Waals surface area contributed by atoms with Gasteiger partial charge in [0, 0.05) is 17.4 Å². The summed E-state index contributed by atoms with van der Waals surface area (Å²) in [6.45, 7) is 12.3. The van der Waals surface area contributed by atoms with Gasteiger partial charge in [-0.15, -0.1) is 0 Å². The molecule has 0 saturated heterocycles. The molecule has 4 aliphatic rings. The van der Waals surface area contributed by atoms with E-state index in [9.17, 15) is 24.9 Å². The molecule has 0 aliphatic heterocycles. The minimum Gasteiger partial charge on any atom is -0.481 e. The first kappa shape index (κ1) is 24.7. The standard InChI is InChI=1S/C28H42O5/c1-15(17(3)26(32)33)8-9-16(2)18-10-11-19-24-22(30)13-20-21(29)7-6-12-27(20,4)25(24)23(31)14-28(18,19)5/h16-22,29-30H,1,6-14H2,2-5H3,(H,32,33)/t16-,17+,18?,19?,20?,21+,22+,27+,28-/m1/s1. The molecule has 0 aromatic heterocycles. The second-order valence-electron chi connectivity index (χ2n) is 12.1. The van der Waals surface area contributed by atoms with Crippen molar-refractivity contribution in [1.29, 1.82) is 0 Å². The zero-order valence-electron chi connectivity index (χ0n) is 20.8. The highest BCUT2D eigenvalue weighted by molar-refractivity contribution is 5.99. The second-order valence-corrected chi connectivity index (χ2v) is 12.1. The van der Waals surface area contributed by atoms with Gasteiger partial charge in [0.05, 0.1) is 18.1 Å². The third-order valence-electron chi connectivity index (χ3n) is 10.4. The highest BCUT2D eigenvalue weighted by Gasteiger charge is 2.60. The van der Waals surface area contributed by atoms with Gasteiger partial charge in [0.25, 0.3) is 0 Å². The zero-order valence-corrected chi connectivity index (χ0v) is 20.8. The first-order valence-electron chi connectivity index (χ1n) is 13.0. The van der Waals surface area contributed by atoms with Gasteiger partial charge in [-0.3, -0.25) is 9.59 Å². The van der Waals surface area contributed by atoms with E-state index < -0.39 is 24.1 Å². The van der Waals surface area contributed by atoms with Gasteiger partial charge < -0.3 is 15.3 Å². The van der Waals surface area contributed by atoms with Crippen molar-refractivity contribution in [2.45, 2.75) is 97.7 Å². The molecular formula is C28H42O5. The Kier molecular flexibility index (Phi) is 6.46. The van der Waals surface area contributed by atoms with Crippen molar-refractivity contribution in [3.63, 3.8) is 0 Å². The van der Waals surface area contributed by atoms with Gasteiger partial charge in [0.15, 0.2) is 5.78 Å². The molecule has 0 amide bonds. The Balaban J connectivity index is 1.59. The molecule has 0 spiro atoms. The van der Waals surface area contributed by atoms with E-state index in [-0.39, 0.29) is 28.4 Å². The van der Waals surface area contributed by atoms with Crippen molar-refractivity contribution in [1.82, 2.24) is 0 Å². The predicted molar refractivity (Wildman–Crippen MR) is 127 cm³/mol. The number of fused-ring (bicyclic) bond motifs is 4. The van der Waals surface area contributed by atoms with E-state index in [4.69, 9.17) is 0 Å². The summed E-state index contributed by atoms with van der Waals surface area (Å²) >= 11 is 0. The Morgan fingerprint density at radius 1 is 1.18 bits per heavy atom. The van der Waals surface area contributed by atoms with Crippen LogP contribution in [0.1, 0.15) is 85.5 Å². The SMILES string of the molecule is C=C(CC[C@@H](C)C1CCC2C3=C(C(=O)C[C@@]21C)[C@@]1(C)CCC[C@H](O)C1C[C@@H]3O)[C@H](C)C(=O)O. The lowest BCUT2D eigenvalue weighted by atomic mass is 9.49. The highest BCUT2D eigenvalue weighted by Crippen LogP contribution is 2.65. The van der Waals surface area contributed by atoms with Crippen LogP contribution in [0, 0.1) is 40.4 Å². The van der Waals surface area contributed by atoms with Crippen LogP contribution in [0.15, 0.2) is 23.3 Å². The quantitative estimate of drug-likeness (QED) is 0.492. The molecule has 3 unspecified atom stereocenters. The van der Waals surface area contributed by atoms with Crippen molar-refractivity contribution < 1.29 is 24.9 Å². The fourth-order valence-corrected chi connectivity index (χ4v) is 8.37. The van der Waals surface area contributed by atoms with Crippen LogP contribution < -0.4 is 0 Å². The van der Waals surface area contributed by atoms with Crippen molar-refractivity contribution in [3.8, 4) is 0 Å². The number of aliphatic hydroxyl groups excluding tert-OH is 2. The molecule has 0 bridgehead atoms. The molecule has 4 aliphatic carbocycles. The van der Waals surface area contributed by atoms with E-state index in [1.807, 2.05) is 0 Å². The van der Waals surface area contributed by atoms with Crippen LogP contribution in [0.5, 0.6) is 0 Å². The molecule has 2 fully saturated rings. The third kappa shape index (κ3) is 3.83. The van der Waals surface area contributed by atoms with E-state index >= 15 is 0 Å². The molecule has 9 atom stereocenters. The van der Waals surface area contributed by atoms with Crippen LogP contribution in [0.25, 0.3) is 0 Å². The molecule has 5 nitrogen and oxygen atoms in total. The summed E-state index contributed by atoms with van der Waals surface area (Å²) in [6, 6.07) is 0. The Bertz CT molecular complexity index is 874. The van der Waals surface area contributed by atoms with E-state index in [1.54, 1.807) is 6.92 Å². The largest absolute Gasteiger partial charge is 0.481 e. The number of Topliss-reactive ketones (excluding diaryl/α,β-unsaturated/α-hetero) is 1. The molecule has 33 heavy (non-hydrogen) atoms. The van der Waals surface area contributed by atoms with Crippen LogP contribution in [0.2, 0.25) is 0 Å². The summed E-state index contributed by atoms with van der Waals surface area (Å²) in [5, 5.41) is 31.3. The summed E-state index contributed by atoms with van der Waals surface area (Å²) < 4.78 is 0. The zero-order chi connectivity index (χ0) is 24.3. The Morgan fingerprint density at radius 3 is 2.55 bits per heavy atom. The lowest BCUT2D eigenvalue weighted by Gasteiger charge is -2.55. The maximum atomic E-state index is 13.8. The summed E-state index contributed by atoms with van der Waals surface area (Å²) in [4.78, 5) is 25.0. The van der Waals surface area contributed by atoms with Gasteiger partial charge >= 0.3 is 5.97 Å². The number of aliphatic carboxylic acids is 1. The van der Waals surface area contributed by atoms with E-state index in [1.165, 1.54) is 0 Å². The van der Waals surface area contributed by atoms with E-state index in [2.05, 4.69) is 27.4 Å². The molecule has 5 heteroatoms. The number of ketones is 1. The average molecular weight is 459 g/mol. The number of hydrogen-bond donors (Lipinski definition) is 3. The molecule has 4 rings (SSSR count). The highest BCUT2D eigenvalue weighted by atomic mass is 16.4. The molecule has 2 saturated carbocycles. The lowest BCUT2D eigenvalue weighted by Crippen LogP contribution is -2.54. The van der Waals surface area contributed by atoms with Gasteiger partial charge in [0.1, 0.15) is 0 Å². The minimum atomic E-state index is -0.830. The summed E-state index contributed by atoms with van der Waals surface area (Å²) in [5.41, 5.74) is 2.13. The van der Waals surface area contributed by atoms with Crippen LogP contribution in [0.3, 0.4) is 0 Å². The number of aliphatic hydroxyl groups is 2. The van der Waals surface area contributed by atoms with Crippen LogP contribution in [-0.4, -0.2) is 39.3 Å². The fourth-order valence-electron chi connectivity index (χ4n) is 8.37. The van der Waals surface area contributed by atoms with E-state index in [0.717, 1.165) is 55.2 Å². The van der Waals surface area contributed by atoms with Gasteiger partial charge in [-0.25, -0.2) is 0 Å². The van der Waals surface area contributed by atoms with Crippen LogP contribution in [-0.2, 0) is 9.59 Å². The van der Waals surface area contributed by atoms with Crippen molar-refractivity contribution >= 4 is 11.8 Å². The summed E-state index contributed by atoms with van der Waals surface area (Å²) in [7, 11) is 0. The molecule has 0 heterocycles. The number of carbonyl (C=O) groups is 2. The number of hydrogen-bond acceptors (Lipinski definition) is 4. The average Bonchev–Trinajstić information content (AvgIpc) is 3.08. The Hall–Kier alpha value is -1.46. The smallest absolute Gasteiger partial charge is 0.310 e. The molecule has 3 N–H and O–H groups in total. The van der Waals surface area contributed by atoms with Crippen LogP contribution >= 0.6 is 0 Å². The van der Waals surface area contributed by atoms with Crippen LogP contribution in [0.4, 0.5) is 0 Å². The second kappa shape index (κ2) is 8.64. The topological polar surface area (TPSA) is 94.8 Å². The number of carboxylic acid groups (broad SMARTS) is 1. The maximum Gasteiger partial charge on any atom is 0.310 e. The maximum absolute atomic E-state index is 13.8. The predicted octanol–water partition coefficient (Wildman–Crippen LogP) is 4.91. The molecule has 0 aromatic rings. The first-order chi connectivity index (χ1) is 15.4. The Morgan fingerprint density at radius 2 is 1.88 bits per heavy atom. The Labute approximate surface area is 198 Å².